The molecule has 0 aromatic carbocycles. The van der Waals surface area contributed by atoms with Gasteiger partial charge in [-0.15, -0.1) is 0 Å². The Bertz CT molecular complexity index is 492. The van der Waals surface area contributed by atoms with Gasteiger partial charge in [0.1, 0.15) is 0 Å². The van der Waals surface area contributed by atoms with Crippen LogP contribution in [0.3, 0.4) is 0 Å². The molecule has 13 nitrogen and oxygen atoms in total. The second-order valence-corrected chi connectivity index (χ2v) is 7.96. The third-order valence-electron chi connectivity index (χ3n) is 5.71. The minimum Gasteiger partial charge on any atom is -0.480 e. The molecular formula is C19H40N4O9. The predicted octanol–water partition coefficient (Wildman–Crippen LogP) is -2.62. The summed E-state index contributed by atoms with van der Waals surface area (Å²) in [7, 11) is 0. The van der Waals surface area contributed by atoms with Crippen LogP contribution in [0.15, 0.2) is 0 Å². The molecule has 0 spiro atoms. The number of rotatable bonds is 13. The highest BCUT2D eigenvalue weighted by Gasteiger charge is 2.24. The van der Waals surface area contributed by atoms with Crippen molar-refractivity contribution in [2.24, 2.45) is 0 Å². The lowest BCUT2D eigenvalue weighted by Crippen LogP contribution is -2.51. The SMILES string of the molecule is O=C(O)CN1CCN(CCOO)CCN(CCOO)CCN(C(CO)CC(O)CO)CC1. The highest BCUT2D eigenvalue weighted by molar-refractivity contribution is 5.69. The molecule has 32 heavy (non-hydrogen) atoms. The third-order valence-corrected chi connectivity index (χ3v) is 5.71. The molecule has 190 valence electrons. The van der Waals surface area contributed by atoms with Crippen molar-refractivity contribution in [1.29, 1.82) is 0 Å². The minimum atomic E-state index is -0.954. The summed E-state index contributed by atoms with van der Waals surface area (Å²) < 4.78 is 0. The topological polar surface area (TPSA) is 170 Å². The molecule has 0 aromatic rings. The number of aliphatic hydroxyl groups is 3. The summed E-state index contributed by atoms with van der Waals surface area (Å²) in [6.45, 7) is 4.93. The summed E-state index contributed by atoms with van der Waals surface area (Å²) in [5.41, 5.74) is 0. The molecule has 0 bridgehead atoms. The molecule has 1 rings (SSSR count). The number of carbonyl (C=O) groups is 1. The Morgan fingerprint density at radius 3 is 1.69 bits per heavy atom. The summed E-state index contributed by atoms with van der Waals surface area (Å²) >= 11 is 0. The van der Waals surface area contributed by atoms with E-state index in [1.165, 1.54) is 0 Å². The van der Waals surface area contributed by atoms with E-state index in [9.17, 15) is 25.2 Å². The molecule has 6 N–H and O–H groups in total. The van der Waals surface area contributed by atoms with Crippen LogP contribution in [0.5, 0.6) is 0 Å². The Balaban J connectivity index is 2.96. The zero-order valence-corrected chi connectivity index (χ0v) is 18.7. The molecule has 1 saturated heterocycles. The Morgan fingerprint density at radius 1 is 0.781 bits per heavy atom. The Hall–Kier alpha value is -0.970. The number of aliphatic hydroxyl groups excluding tert-OH is 3. The van der Waals surface area contributed by atoms with Gasteiger partial charge in [0.25, 0.3) is 0 Å². The molecule has 2 unspecified atom stereocenters. The van der Waals surface area contributed by atoms with E-state index in [2.05, 4.69) is 19.6 Å². The van der Waals surface area contributed by atoms with Crippen LogP contribution in [0.4, 0.5) is 0 Å². The molecule has 2 atom stereocenters. The number of nitrogens with zero attached hydrogens (tertiary/aromatic N) is 4. The van der Waals surface area contributed by atoms with Crippen molar-refractivity contribution < 1.29 is 45.5 Å². The van der Waals surface area contributed by atoms with E-state index in [4.69, 9.17) is 10.5 Å². The molecule has 1 aliphatic rings. The van der Waals surface area contributed by atoms with Gasteiger partial charge in [0.2, 0.25) is 0 Å². The lowest BCUT2D eigenvalue weighted by molar-refractivity contribution is -0.245. The van der Waals surface area contributed by atoms with Gasteiger partial charge in [-0.3, -0.25) is 34.9 Å². The van der Waals surface area contributed by atoms with Crippen LogP contribution in [-0.2, 0) is 14.6 Å². The van der Waals surface area contributed by atoms with E-state index in [0.717, 1.165) is 0 Å². The van der Waals surface area contributed by atoms with E-state index in [1.807, 2.05) is 9.80 Å². The zero-order valence-electron chi connectivity index (χ0n) is 18.7. The molecule has 0 radical (unpaired) electrons. The number of aliphatic carboxylic acids is 1. The highest BCUT2D eigenvalue weighted by Crippen LogP contribution is 2.10. The van der Waals surface area contributed by atoms with Gasteiger partial charge < -0.3 is 20.4 Å². The summed E-state index contributed by atoms with van der Waals surface area (Å²) in [5, 5.41) is 55.7. The zero-order chi connectivity index (χ0) is 23.8. The van der Waals surface area contributed by atoms with Crippen molar-refractivity contribution in [3.05, 3.63) is 0 Å². The monoisotopic (exact) mass is 468 g/mol. The smallest absolute Gasteiger partial charge is 0.317 e. The van der Waals surface area contributed by atoms with Gasteiger partial charge in [-0.25, -0.2) is 9.78 Å². The van der Waals surface area contributed by atoms with Gasteiger partial charge >= 0.3 is 5.97 Å². The fourth-order valence-corrected chi connectivity index (χ4v) is 3.78. The molecule has 0 aliphatic carbocycles. The van der Waals surface area contributed by atoms with Gasteiger partial charge in [-0.05, 0) is 6.42 Å². The van der Waals surface area contributed by atoms with Crippen molar-refractivity contribution in [1.82, 2.24) is 19.6 Å². The van der Waals surface area contributed by atoms with Gasteiger partial charge in [-0.1, -0.05) is 0 Å². The van der Waals surface area contributed by atoms with Gasteiger partial charge in [-0.2, -0.15) is 0 Å². The predicted molar refractivity (Wildman–Crippen MR) is 114 cm³/mol. The Kier molecular flexibility index (Phi) is 15.9. The Labute approximate surface area is 188 Å². The van der Waals surface area contributed by atoms with E-state index in [0.29, 0.717) is 65.4 Å². The number of carboxylic acids is 1. The van der Waals surface area contributed by atoms with E-state index in [1.54, 1.807) is 0 Å². The standard InChI is InChI=1S/C19H40N4O9/c24-15-17(13-18(26)16-25)23-7-5-21(10-12-32-30)2-1-20(9-11-31-29)3-4-22(6-8-23)14-19(27)28/h17-18,24-26,29-30H,1-16H2,(H,27,28). The maximum Gasteiger partial charge on any atom is 0.317 e. The molecule has 1 fully saturated rings. The number of hydrogen-bond donors (Lipinski definition) is 6. The van der Waals surface area contributed by atoms with Crippen LogP contribution in [0.1, 0.15) is 6.42 Å². The van der Waals surface area contributed by atoms with Crippen LogP contribution >= 0.6 is 0 Å². The summed E-state index contributed by atoms with van der Waals surface area (Å²) in [4.78, 5) is 27.8. The molecule has 13 heteroatoms. The van der Waals surface area contributed by atoms with E-state index < -0.39 is 18.7 Å². The minimum absolute atomic E-state index is 0.124. The fourth-order valence-electron chi connectivity index (χ4n) is 3.78. The van der Waals surface area contributed by atoms with Crippen molar-refractivity contribution in [2.75, 3.05) is 98.4 Å². The van der Waals surface area contributed by atoms with Crippen LogP contribution < -0.4 is 0 Å². The lowest BCUT2D eigenvalue weighted by Gasteiger charge is -2.37. The second kappa shape index (κ2) is 17.5. The van der Waals surface area contributed by atoms with Crippen LogP contribution in [0.25, 0.3) is 0 Å². The van der Waals surface area contributed by atoms with Gasteiger partial charge in [0.05, 0.1) is 39.1 Å². The van der Waals surface area contributed by atoms with Crippen molar-refractivity contribution in [3.63, 3.8) is 0 Å². The lowest BCUT2D eigenvalue weighted by atomic mass is 10.1. The first-order chi connectivity index (χ1) is 15.4. The first kappa shape index (κ1) is 29.1. The summed E-state index contributed by atoms with van der Waals surface area (Å²) in [6, 6.07) is -0.388. The highest BCUT2D eigenvalue weighted by atomic mass is 17.1. The first-order valence-electron chi connectivity index (χ1n) is 11.0. The Morgan fingerprint density at radius 2 is 1.25 bits per heavy atom. The van der Waals surface area contributed by atoms with Crippen LogP contribution in [-0.4, -0.2) is 167 Å². The van der Waals surface area contributed by atoms with Crippen molar-refractivity contribution in [3.8, 4) is 0 Å². The molecule has 0 saturated carbocycles. The summed E-state index contributed by atoms with van der Waals surface area (Å²) in [5.74, 6) is -0.932. The molecular weight excluding hydrogens is 428 g/mol. The quantitative estimate of drug-likeness (QED) is 0.123. The average Bonchev–Trinajstić information content (AvgIpc) is 2.77. The maximum atomic E-state index is 11.3. The largest absolute Gasteiger partial charge is 0.480 e. The number of carboxylic acid groups (broad SMARTS) is 1. The summed E-state index contributed by atoms with van der Waals surface area (Å²) in [6.07, 6.45) is -0.759. The maximum absolute atomic E-state index is 11.3. The molecule has 1 heterocycles. The first-order valence-corrected chi connectivity index (χ1v) is 11.0. The van der Waals surface area contributed by atoms with Crippen molar-refractivity contribution >= 4 is 5.97 Å². The van der Waals surface area contributed by atoms with Gasteiger partial charge in [0.15, 0.2) is 0 Å². The average molecular weight is 469 g/mol. The van der Waals surface area contributed by atoms with Crippen LogP contribution in [0.2, 0.25) is 0 Å². The second-order valence-electron chi connectivity index (χ2n) is 7.96. The molecule has 0 aromatic heterocycles. The molecule has 0 amide bonds. The fraction of sp³-hybridized carbons (Fsp3) is 0.947. The van der Waals surface area contributed by atoms with Gasteiger partial charge in [0, 0.05) is 71.5 Å². The number of hydrogen-bond acceptors (Lipinski definition) is 12. The van der Waals surface area contributed by atoms with Crippen LogP contribution in [0, 0.1) is 0 Å². The van der Waals surface area contributed by atoms with E-state index >= 15 is 0 Å². The van der Waals surface area contributed by atoms with E-state index in [-0.39, 0.29) is 38.8 Å². The third kappa shape index (κ3) is 12.3. The molecule has 1 aliphatic heterocycles. The van der Waals surface area contributed by atoms with Crippen molar-refractivity contribution in [2.45, 2.75) is 18.6 Å². The normalized spacial score (nSPS) is 21.0.